The normalized spacial score (nSPS) is 25.4. The van der Waals surface area contributed by atoms with E-state index in [9.17, 15) is 8.42 Å². The van der Waals surface area contributed by atoms with Gasteiger partial charge in [0.2, 0.25) is 0 Å². The summed E-state index contributed by atoms with van der Waals surface area (Å²) in [7, 11) is -3.35. The van der Waals surface area contributed by atoms with Gasteiger partial charge in [-0.3, -0.25) is 0 Å². The Morgan fingerprint density at radius 3 is 2.53 bits per heavy atom. The summed E-state index contributed by atoms with van der Waals surface area (Å²) in [6.07, 6.45) is 1.54. The van der Waals surface area contributed by atoms with Crippen LogP contribution in [0.3, 0.4) is 0 Å². The van der Waals surface area contributed by atoms with Crippen LogP contribution in [-0.2, 0) is 23.2 Å². The van der Waals surface area contributed by atoms with Crippen molar-refractivity contribution in [2.45, 2.75) is 25.4 Å². The minimum Gasteiger partial charge on any atom is -0.326 e. The first-order valence-corrected chi connectivity index (χ1v) is 8.04. The Morgan fingerprint density at radius 1 is 1.11 bits per heavy atom. The molecule has 1 saturated heterocycles. The molecule has 3 rings (SSSR count). The number of nitrogens with two attached hydrogens (primary N) is 1. The van der Waals surface area contributed by atoms with E-state index in [1.165, 1.54) is 9.87 Å². The molecule has 2 aliphatic rings. The third-order valence-corrected chi connectivity index (χ3v) is 5.88. The van der Waals surface area contributed by atoms with E-state index < -0.39 is 10.2 Å². The molecule has 2 N–H and O–H groups in total. The maximum atomic E-state index is 12.5. The van der Waals surface area contributed by atoms with E-state index in [2.05, 4.69) is 6.07 Å². The molecule has 1 aromatic rings. The molecule has 5 nitrogen and oxygen atoms in total. The lowest BCUT2D eigenvalue weighted by Gasteiger charge is -2.31. The minimum absolute atomic E-state index is 0.0214. The molecule has 2 heterocycles. The van der Waals surface area contributed by atoms with Gasteiger partial charge in [-0.2, -0.15) is 17.0 Å². The van der Waals surface area contributed by atoms with Crippen LogP contribution in [0.4, 0.5) is 0 Å². The van der Waals surface area contributed by atoms with Crippen molar-refractivity contribution in [2.24, 2.45) is 5.73 Å². The van der Waals surface area contributed by atoms with Crippen molar-refractivity contribution < 1.29 is 8.42 Å². The van der Waals surface area contributed by atoms with Crippen LogP contribution in [0.5, 0.6) is 0 Å². The SMILES string of the molecule is N[C@@H]1CCN(S(=O)(=O)N2CCc3ccccc3C2)C1. The second-order valence-corrected chi connectivity index (χ2v) is 7.20. The van der Waals surface area contributed by atoms with Gasteiger partial charge < -0.3 is 5.73 Å². The standard InChI is InChI=1S/C13H19N3O2S/c14-13-6-8-16(10-13)19(17,18)15-7-5-11-3-1-2-4-12(11)9-15/h1-4,13H,5-10,14H2/t13-/m1/s1. The van der Waals surface area contributed by atoms with Crippen molar-refractivity contribution in [2.75, 3.05) is 19.6 Å². The fraction of sp³-hybridized carbons (Fsp3) is 0.538. The van der Waals surface area contributed by atoms with Gasteiger partial charge in [-0.15, -0.1) is 0 Å². The molecule has 2 aliphatic heterocycles. The van der Waals surface area contributed by atoms with E-state index in [1.807, 2.05) is 18.2 Å². The zero-order valence-corrected chi connectivity index (χ0v) is 11.6. The zero-order chi connectivity index (χ0) is 13.5. The molecule has 0 aromatic heterocycles. The fourth-order valence-corrected chi connectivity index (χ4v) is 4.46. The van der Waals surface area contributed by atoms with Gasteiger partial charge >= 0.3 is 0 Å². The molecule has 1 atom stereocenters. The second-order valence-electron chi connectivity index (χ2n) is 5.27. The summed E-state index contributed by atoms with van der Waals surface area (Å²) in [5.41, 5.74) is 8.17. The number of benzene rings is 1. The average Bonchev–Trinajstić information content (AvgIpc) is 2.85. The van der Waals surface area contributed by atoms with Gasteiger partial charge in [-0.25, -0.2) is 0 Å². The Balaban J connectivity index is 1.81. The molecule has 19 heavy (non-hydrogen) atoms. The average molecular weight is 281 g/mol. The molecular formula is C13H19N3O2S. The number of hydrogen-bond acceptors (Lipinski definition) is 3. The Hall–Kier alpha value is -0.950. The van der Waals surface area contributed by atoms with Gasteiger partial charge in [-0.05, 0) is 24.0 Å². The monoisotopic (exact) mass is 281 g/mol. The molecule has 0 saturated carbocycles. The molecule has 0 aliphatic carbocycles. The van der Waals surface area contributed by atoms with Crippen LogP contribution in [0.25, 0.3) is 0 Å². The lowest BCUT2D eigenvalue weighted by atomic mass is 10.0. The number of nitrogens with zero attached hydrogens (tertiary/aromatic N) is 2. The first-order chi connectivity index (χ1) is 9.07. The van der Waals surface area contributed by atoms with Crippen LogP contribution in [0.1, 0.15) is 17.5 Å². The summed E-state index contributed by atoms with van der Waals surface area (Å²) < 4.78 is 28.2. The molecule has 0 radical (unpaired) electrons. The molecule has 1 aromatic carbocycles. The van der Waals surface area contributed by atoms with Crippen LogP contribution >= 0.6 is 0 Å². The smallest absolute Gasteiger partial charge is 0.282 e. The van der Waals surface area contributed by atoms with E-state index >= 15 is 0 Å². The Kier molecular flexibility index (Phi) is 3.34. The summed E-state index contributed by atoms with van der Waals surface area (Å²) in [4.78, 5) is 0. The quantitative estimate of drug-likeness (QED) is 0.849. The van der Waals surface area contributed by atoms with E-state index in [0.717, 1.165) is 18.4 Å². The van der Waals surface area contributed by atoms with Crippen LogP contribution in [0, 0.1) is 0 Å². The molecule has 1 fully saturated rings. The van der Waals surface area contributed by atoms with Crippen LogP contribution in [-0.4, -0.2) is 42.7 Å². The Morgan fingerprint density at radius 2 is 1.84 bits per heavy atom. The van der Waals surface area contributed by atoms with Gasteiger partial charge in [0.1, 0.15) is 0 Å². The van der Waals surface area contributed by atoms with Gasteiger partial charge in [0.25, 0.3) is 10.2 Å². The van der Waals surface area contributed by atoms with Crippen LogP contribution in [0.15, 0.2) is 24.3 Å². The highest BCUT2D eigenvalue weighted by Crippen LogP contribution is 2.24. The van der Waals surface area contributed by atoms with Gasteiger partial charge in [0.05, 0.1) is 0 Å². The topological polar surface area (TPSA) is 66.6 Å². The summed E-state index contributed by atoms with van der Waals surface area (Å²) >= 11 is 0. The first kappa shape index (κ1) is 13.1. The zero-order valence-electron chi connectivity index (χ0n) is 10.8. The molecular weight excluding hydrogens is 262 g/mol. The molecule has 0 spiro atoms. The summed E-state index contributed by atoms with van der Waals surface area (Å²) in [6.45, 7) is 2.03. The first-order valence-electron chi connectivity index (χ1n) is 6.65. The summed E-state index contributed by atoms with van der Waals surface area (Å²) in [5.74, 6) is 0. The molecule has 0 amide bonds. The number of hydrogen-bond donors (Lipinski definition) is 1. The van der Waals surface area contributed by atoms with Gasteiger partial charge in [-0.1, -0.05) is 24.3 Å². The summed E-state index contributed by atoms with van der Waals surface area (Å²) in [6, 6.07) is 8.02. The maximum Gasteiger partial charge on any atom is 0.282 e. The van der Waals surface area contributed by atoms with Crippen molar-refractivity contribution in [3.63, 3.8) is 0 Å². The Bertz CT molecular complexity index is 573. The highest BCUT2D eigenvalue weighted by molar-refractivity contribution is 7.86. The predicted molar refractivity (Wildman–Crippen MR) is 73.6 cm³/mol. The van der Waals surface area contributed by atoms with Crippen LogP contribution in [0.2, 0.25) is 0 Å². The minimum atomic E-state index is -3.35. The predicted octanol–water partition coefficient (Wildman–Crippen LogP) is 0.323. The molecule has 0 unspecified atom stereocenters. The van der Waals surface area contributed by atoms with Crippen molar-refractivity contribution in [1.29, 1.82) is 0 Å². The van der Waals surface area contributed by atoms with Crippen molar-refractivity contribution >= 4 is 10.2 Å². The molecule has 0 bridgehead atoms. The van der Waals surface area contributed by atoms with Crippen molar-refractivity contribution in [3.8, 4) is 0 Å². The van der Waals surface area contributed by atoms with Crippen molar-refractivity contribution in [3.05, 3.63) is 35.4 Å². The van der Waals surface area contributed by atoms with E-state index in [1.54, 1.807) is 4.31 Å². The lowest BCUT2D eigenvalue weighted by molar-refractivity contribution is 0.344. The second kappa shape index (κ2) is 4.86. The van der Waals surface area contributed by atoms with E-state index in [4.69, 9.17) is 5.73 Å². The Labute approximate surface area is 114 Å². The highest BCUT2D eigenvalue weighted by Gasteiger charge is 2.35. The highest BCUT2D eigenvalue weighted by atomic mass is 32.2. The summed E-state index contributed by atoms with van der Waals surface area (Å²) in [5, 5.41) is 0. The number of rotatable bonds is 2. The van der Waals surface area contributed by atoms with Gasteiger partial charge in [0, 0.05) is 32.2 Å². The third-order valence-electron chi connectivity index (χ3n) is 3.94. The third kappa shape index (κ3) is 2.41. The molecule has 6 heteroatoms. The largest absolute Gasteiger partial charge is 0.326 e. The maximum absolute atomic E-state index is 12.5. The fourth-order valence-electron chi connectivity index (χ4n) is 2.79. The molecule has 104 valence electrons. The number of fused-ring (bicyclic) bond motifs is 1. The van der Waals surface area contributed by atoms with E-state index in [0.29, 0.717) is 26.2 Å². The lowest BCUT2D eigenvalue weighted by Crippen LogP contribution is -2.45. The van der Waals surface area contributed by atoms with Crippen molar-refractivity contribution in [1.82, 2.24) is 8.61 Å². The van der Waals surface area contributed by atoms with Crippen LogP contribution < -0.4 is 5.73 Å². The van der Waals surface area contributed by atoms with Gasteiger partial charge in [0.15, 0.2) is 0 Å². The van der Waals surface area contributed by atoms with E-state index in [-0.39, 0.29) is 6.04 Å².